The van der Waals surface area contributed by atoms with Gasteiger partial charge in [-0.2, -0.15) is 0 Å². The zero-order valence-electron chi connectivity index (χ0n) is 8.41. The Morgan fingerprint density at radius 3 is 2.31 bits per heavy atom. The number of amides is 1. The van der Waals surface area contributed by atoms with Gasteiger partial charge in [0.05, 0.1) is 6.54 Å². The standard InChI is InChI=1S/C9H17NO3/c1-7(2)6-9(12)10(13)5-4-8(3)11/h7,13H,4-6H2,1-3H3. The van der Waals surface area contributed by atoms with E-state index in [0.29, 0.717) is 11.5 Å². The van der Waals surface area contributed by atoms with Crippen molar-refractivity contribution in [3.05, 3.63) is 0 Å². The molecule has 4 heteroatoms. The van der Waals surface area contributed by atoms with Crippen molar-refractivity contribution in [3.63, 3.8) is 0 Å². The Kier molecular flexibility index (Phi) is 5.30. The van der Waals surface area contributed by atoms with Gasteiger partial charge in [0.2, 0.25) is 5.91 Å². The van der Waals surface area contributed by atoms with Gasteiger partial charge in [-0.15, -0.1) is 0 Å². The second kappa shape index (κ2) is 5.70. The van der Waals surface area contributed by atoms with Crippen LogP contribution in [-0.4, -0.2) is 28.5 Å². The van der Waals surface area contributed by atoms with Crippen LogP contribution in [0.3, 0.4) is 0 Å². The van der Waals surface area contributed by atoms with E-state index >= 15 is 0 Å². The summed E-state index contributed by atoms with van der Waals surface area (Å²) in [4.78, 5) is 21.7. The van der Waals surface area contributed by atoms with Gasteiger partial charge in [0.25, 0.3) is 0 Å². The third-order valence-electron chi connectivity index (χ3n) is 1.55. The van der Waals surface area contributed by atoms with Crippen LogP contribution < -0.4 is 0 Å². The van der Waals surface area contributed by atoms with Gasteiger partial charge in [-0.25, -0.2) is 5.06 Å². The van der Waals surface area contributed by atoms with Crippen molar-refractivity contribution in [1.29, 1.82) is 0 Å². The number of nitrogens with zero attached hydrogens (tertiary/aromatic N) is 1. The van der Waals surface area contributed by atoms with E-state index in [1.165, 1.54) is 6.92 Å². The van der Waals surface area contributed by atoms with E-state index in [-0.39, 0.29) is 30.6 Å². The molecule has 0 aliphatic carbocycles. The maximum atomic E-state index is 11.1. The largest absolute Gasteiger partial charge is 0.300 e. The molecule has 76 valence electrons. The molecular weight excluding hydrogens is 170 g/mol. The van der Waals surface area contributed by atoms with Gasteiger partial charge < -0.3 is 0 Å². The predicted molar refractivity (Wildman–Crippen MR) is 48.3 cm³/mol. The molecule has 0 aliphatic heterocycles. The topological polar surface area (TPSA) is 57.6 Å². The third-order valence-corrected chi connectivity index (χ3v) is 1.55. The summed E-state index contributed by atoms with van der Waals surface area (Å²) in [7, 11) is 0. The number of hydroxylamine groups is 2. The Bertz CT molecular complexity index is 189. The number of Topliss-reactive ketones (excluding diaryl/α,β-unsaturated/α-hetero) is 1. The molecule has 0 aromatic carbocycles. The monoisotopic (exact) mass is 187 g/mol. The lowest BCUT2D eigenvalue weighted by Crippen LogP contribution is -2.30. The van der Waals surface area contributed by atoms with Crippen molar-refractivity contribution in [1.82, 2.24) is 5.06 Å². The molecule has 0 aromatic heterocycles. The van der Waals surface area contributed by atoms with Gasteiger partial charge >= 0.3 is 0 Å². The molecule has 0 unspecified atom stereocenters. The molecule has 0 fully saturated rings. The van der Waals surface area contributed by atoms with Gasteiger partial charge in [-0.3, -0.25) is 14.8 Å². The lowest BCUT2D eigenvalue weighted by Gasteiger charge is -2.14. The normalized spacial score (nSPS) is 10.2. The minimum atomic E-state index is -0.323. The van der Waals surface area contributed by atoms with Crippen LogP contribution in [0.25, 0.3) is 0 Å². The first-order chi connectivity index (χ1) is 5.93. The Morgan fingerprint density at radius 1 is 1.38 bits per heavy atom. The molecular formula is C9H17NO3. The Balaban J connectivity index is 3.76. The molecule has 1 amide bonds. The number of rotatable bonds is 5. The molecule has 1 N–H and O–H groups in total. The third kappa shape index (κ3) is 6.28. The highest BCUT2D eigenvalue weighted by molar-refractivity contribution is 5.78. The summed E-state index contributed by atoms with van der Waals surface area (Å²) in [6, 6.07) is 0. The Morgan fingerprint density at radius 2 is 1.92 bits per heavy atom. The fourth-order valence-electron chi connectivity index (χ4n) is 0.843. The highest BCUT2D eigenvalue weighted by Gasteiger charge is 2.12. The van der Waals surface area contributed by atoms with Crippen LogP contribution >= 0.6 is 0 Å². The van der Waals surface area contributed by atoms with Crippen molar-refractivity contribution in [3.8, 4) is 0 Å². The van der Waals surface area contributed by atoms with Crippen LogP contribution in [0.1, 0.15) is 33.6 Å². The maximum absolute atomic E-state index is 11.1. The minimum absolute atomic E-state index is 0.0311. The molecule has 13 heavy (non-hydrogen) atoms. The SMILES string of the molecule is CC(=O)CCN(O)C(=O)CC(C)C. The first-order valence-corrected chi connectivity index (χ1v) is 4.42. The minimum Gasteiger partial charge on any atom is -0.300 e. The molecule has 0 bridgehead atoms. The molecule has 4 nitrogen and oxygen atoms in total. The first kappa shape index (κ1) is 12.1. The second-order valence-corrected chi connectivity index (χ2v) is 3.57. The zero-order chi connectivity index (χ0) is 10.4. The number of ketones is 1. The molecule has 0 aromatic rings. The van der Waals surface area contributed by atoms with Crippen LogP contribution in [0.15, 0.2) is 0 Å². The maximum Gasteiger partial charge on any atom is 0.246 e. The molecule has 0 atom stereocenters. The molecule has 0 saturated heterocycles. The van der Waals surface area contributed by atoms with Crippen LogP contribution in [0.2, 0.25) is 0 Å². The fraction of sp³-hybridized carbons (Fsp3) is 0.778. The molecule has 0 saturated carbocycles. The van der Waals surface area contributed by atoms with Crippen LogP contribution in [0.4, 0.5) is 0 Å². The number of carbonyl (C=O) groups is 2. The van der Waals surface area contributed by atoms with Gasteiger partial charge in [-0.1, -0.05) is 13.8 Å². The number of hydrogen-bond donors (Lipinski definition) is 1. The molecule has 0 radical (unpaired) electrons. The smallest absolute Gasteiger partial charge is 0.246 e. The van der Waals surface area contributed by atoms with E-state index < -0.39 is 0 Å². The van der Waals surface area contributed by atoms with Gasteiger partial charge in [0, 0.05) is 12.8 Å². The average molecular weight is 187 g/mol. The van der Waals surface area contributed by atoms with E-state index in [9.17, 15) is 9.59 Å². The number of carbonyl (C=O) groups excluding carboxylic acids is 2. The van der Waals surface area contributed by atoms with Crippen molar-refractivity contribution in [2.24, 2.45) is 5.92 Å². The van der Waals surface area contributed by atoms with E-state index in [1.54, 1.807) is 0 Å². The summed E-state index contributed by atoms with van der Waals surface area (Å²) in [5, 5.41) is 9.77. The zero-order valence-corrected chi connectivity index (χ0v) is 8.41. The van der Waals surface area contributed by atoms with E-state index in [4.69, 9.17) is 5.21 Å². The van der Waals surface area contributed by atoms with Gasteiger partial charge in [0.1, 0.15) is 5.78 Å². The highest BCUT2D eigenvalue weighted by atomic mass is 16.5. The van der Waals surface area contributed by atoms with Crippen molar-refractivity contribution < 1.29 is 14.8 Å². The number of hydrogen-bond acceptors (Lipinski definition) is 3. The summed E-state index contributed by atoms with van der Waals surface area (Å²) in [5.74, 6) is -0.132. The molecule has 0 spiro atoms. The van der Waals surface area contributed by atoms with Crippen molar-refractivity contribution in [2.75, 3.05) is 6.54 Å². The quantitative estimate of drug-likeness (QED) is 0.520. The van der Waals surface area contributed by atoms with Crippen molar-refractivity contribution >= 4 is 11.7 Å². The predicted octanol–water partition coefficient (Wildman–Crippen LogP) is 1.23. The van der Waals surface area contributed by atoms with Gasteiger partial charge in [-0.05, 0) is 12.8 Å². The van der Waals surface area contributed by atoms with E-state index in [2.05, 4.69) is 0 Å². The highest BCUT2D eigenvalue weighted by Crippen LogP contribution is 2.02. The Hall–Kier alpha value is -0.900. The second-order valence-electron chi connectivity index (χ2n) is 3.57. The lowest BCUT2D eigenvalue weighted by molar-refractivity contribution is -0.166. The summed E-state index contributed by atoms with van der Waals surface area (Å²) in [5.41, 5.74) is 0. The van der Waals surface area contributed by atoms with E-state index in [1.807, 2.05) is 13.8 Å². The molecule has 0 rings (SSSR count). The Labute approximate surface area is 78.5 Å². The van der Waals surface area contributed by atoms with Crippen LogP contribution in [0, 0.1) is 5.92 Å². The van der Waals surface area contributed by atoms with E-state index in [0.717, 1.165) is 0 Å². The lowest BCUT2D eigenvalue weighted by atomic mass is 10.1. The van der Waals surface area contributed by atoms with Gasteiger partial charge in [0.15, 0.2) is 0 Å². The summed E-state index contributed by atoms with van der Waals surface area (Å²) in [6.07, 6.45) is 0.523. The summed E-state index contributed by atoms with van der Waals surface area (Å²) < 4.78 is 0. The molecule has 0 heterocycles. The van der Waals surface area contributed by atoms with Crippen molar-refractivity contribution in [2.45, 2.75) is 33.6 Å². The first-order valence-electron chi connectivity index (χ1n) is 4.42. The fourth-order valence-corrected chi connectivity index (χ4v) is 0.843. The average Bonchev–Trinajstić information content (AvgIpc) is 1.98. The van der Waals surface area contributed by atoms with Crippen LogP contribution in [0.5, 0.6) is 0 Å². The summed E-state index contributed by atoms with van der Waals surface area (Å²) >= 11 is 0. The molecule has 0 aliphatic rings. The van der Waals surface area contributed by atoms with Crippen LogP contribution in [-0.2, 0) is 9.59 Å². The summed E-state index contributed by atoms with van der Waals surface area (Å²) in [6.45, 7) is 5.33.